The summed E-state index contributed by atoms with van der Waals surface area (Å²) in [5.41, 5.74) is -0.846. The summed E-state index contributed by atoms with van der Waals surface area (Å²) >= 11 is 11.9. The van der Waals surface area contributed by atoms with Gasteiger partial charge in [0.2, 0.25) is 10.0 Å². The standard InChI is InChI=1S/C23H27Cl2FN4O4S/c1-23(2,34-18-8-7-17(26)20(24)21(18)25)22(31)28-14-10-15-5-6-16(11-14)30(15)19-9-4-13(12-27-19)29-35(3,32)33/h4,7-9,12,14-16,29H,5-6,10-11H2,1-3H3,(H,28,31). The number of carbonyl (C=O) groups is 1. The monoisotopic (exact) mass is 544 g/mol. The zero-order chi connectivity index (χ0) is 25.5. The number of hydrogen-bond donors (Lipinski definition) is 2. The van der Waals surface area contributed by atoms with Crippen LogP contribution in [0.2, 0.25) is 10.0 Å². The van der Waals surface area contributed by atoms with Crippen LogP contribution < -0.4 is 19.7 Å². The van der Waals surface area contributed by atoms with E-state index in [1.165, 1.54) is 12.3 Å². The van der Waals surface area contributed by atoms with E-state index in [9.17, 15) is 17.6 Å². The molecule has 4 rings (SSSR count). The fourth-order valence-corrected chi connectivity index (χ4v) is 5.65. The SMILES string of the molecule is CC(C)(Oc1ccc(F)c(Cl)c1Cl)C(=O)NC1CC2CCC(C1)N2c1ccc(NS(C)(=O)=O)cn1. The highest BCUT2D eigenvalue weighted by Gasteiger charge is 2.43. The number of aromatic nitrogens is 1. The van der Waals surface area contributed by atoms with Gasteiger partial charge >= 0.3 is 0 Å². The van der Waals surface area contributed by atoms with Gasteiger partial charge in [-0.15, -0.1) is 0 Å². The number of fused-ring (bicyclic) bond motifs is 2. The number of sulfonamides is 1. The molecular weight excluding hydrogens is 518 g/mol. The van der Waals surface area contributed by atoms with Crippen LogP contribution in [-0.4, -0.2) is 49.3 Å². The predicted octanol–water partition coefficient (Wildman–Crippen LogP) is 4.37. The Hall–Kier alpha value is -2.30. The Morgan fingerprint density at radius 1 is 1.14 bits per heavy atom. The fourth-order valence-electron chi connectivity index (χ4n) is 4.75. The molecule has 0 aliphatic carbocycles. The molecule has 2 aliphatic heterocycles. The molecule has 12 heteroatoms. The number of anilines is 2. The van der Waals surface area contributed by atoms with E-state index in [0.29, 0.717) is 5.69 Å². The van der Waals surface area contributed by atoms with Crippen molar-refractivity contribution in [2.75, 3.05) is 15.9 Å². The average Bonchev–Trinajstić information content (AvgIpc) is 3.03. The van der Waals surface area contributed by atoms with Crippen molar-refractivity contribution in [2.45, 2.75) is 63.3 Å². The number of pyridine rings is 1. The third kappa shape index (κ3) is 5.76. The largest absolute Gasteiger partial charge is 0.476 e. The van der Waals surface area contributed by atoms with Gasteiger partial charge in [-0.2, -0.15) is 0 Å². The molecule has 2 aliphatic rings. The number of hydrogen-bond acceptors (Lipinski definition) is 6. The van der Waals surface area contributed by atoms with Crippen molar-refractivity contribution in [3.8, 4) is 5.75 Å². The zero-order valence-corrected chi connectivity index (χ0v) is 21.8. The number of rotatable bonds is 7. The Labute approximate surface area is 214 Å². The number of amides is 1. The maximum Gasteiger partial charge on any atom is 0.263 e. The molecule has 35 heavy (non-hydrogen) atoms. The molecule has 1 aromatic carbocycles. The Kier molecular flexibility index (Phi) is 7.09. The van der Waals surface area contributed by atoms with Gasteiger partial charge in [0.05, 0.1) is 23.2 Å². The summed E-state index contributed by atoms with van der Waals surface area (Å²) in [7, 11) is -3.37. The van der Waals surface area contributed by atoms with Crippen molar-refractivity contribution in [2.24, 2.45) is 0 Å². The van der Waals surface area contributed by atoms with Crippen LogP contribution in [-0.2, 0) is 14.8 Å². The van der Waals surface area contributed by atoms with Gasteiger partial charge in [0, 0.05) is 18.1 Å². The number of piperidine rings is 1. The summed E-state index contributed by atoms with van der Waals surface area (Å²) in [6.07, 6.45) is 6.04. The van der Waals surface area contributed by atoms with Crippen molar-refractivity contribution in [3.05, 3.63) is 46.3 Å². The molecule has 0 spiro atoms. The van der Waals surface area contributed by atoms with E-state index in [1.807, 2.05) is 6.07 Å². The number of halogens is 3. The quantitative estimate of drug-likeness (QED) is 0.502. The highest BCUT2D eigenvalue weighted by Crippen LogP contribution is 2.39. The van der Waals surface area contributed by atoms with Gasteiger partial charge in [0.25, 0.3) is 5.91 Å². The molecule has 2 fully saturated rings. The van der Waals surface area contributed by atoms with Crippen molar-refractivity contribution >= 4 is 50.6 Å². The van der Waals surface area contributed by atoms with Crippen LogP contribution in [0.4, 0.5) is 15.9 Å². The van der Waals surface area contributed by atoms with Crippen LogP contribution in [0.1, 0.15) is 39.5 Å². The molecule has 2 bridgehead atoms. The molecule has 1 amide bonds. The minimum atomic E-state index is -3.37. The van der Waals surface area contributed by atoms with E-state index in [0.717, 1.165) is 43.8 Å². The zero-order valence-electron chi connectivity index (χ0n) is 19.5. The van der Waals surface area contributed by atoms with E-state index in [2.05, 4.69) is 19.9 Å². The van der Waals surface area contributed by atoms with Gasteiger partial charge in [0.1, 0.15) is 22.4 Å². The van der Waals surface area contributed by atoms with Gasteiger partial charge in [-0.05, 0) is 63.8 Å². The molecule has 0 saturated carbocycles. The first-order valence-electron chi connectivity index (χ1n) is 11.2. The molecule has 3 heterocycles. The third-order valence-electron chi connectivity index (χ3n) is 6.30. The van der Waals surface area contributed by atoms with Crippen LogP contribution in [0, 0.1) is 5.82 Å². The molecule has 0 radical (unpaired) electrons. The molecule has 190 valence electrons. The highest BCUT2D eigenvalue weighted by atomic mass is 35.5. The molecule has 1 aromatic heterocycles. The molecule has 2 aromatic rings. The van der Waals surface area contributed by atoms with E-state index < -0.39 is 21.4 Å². The van der Waals surface area contributed by atoms with Gasteiger partial charge in [-0.1, -0.05) is 23.2 Å². The lowest BCUT2D eigenvalue weighted by Crippen LogP contribution is -2.55. The summed E-state index contributed by atoms with van der Waals surface area (Å²) in [5, 5.41) is 2.76. The van der Waals surface area contributed by atoms with Crippen molar-refractivity contribution in [1.29, 1.82) is 0 Å². The molecule has 2 unspecified atom stereocenters. The Balaban J connectivity index is 1.39. The van der Waals surface area contributed by atoms with Gasteiger partial charge in [-0.25, -0.2) is 17.8 Å². The lowest BCUT2D eigenvalue weighted by atomic mass is 9.96. The van der Waals surface area contributed by atoms with Crippen LogP contribution in [0.3, 0.4) is 0 Å². The van der Waals surface area contributed by atoms with Gasteiger partial charge < -0.3 is 15.0 Å². The second-order valence-electron chi connectivity index (χ2n) is 9.50. The summed E-state index contributed by atoms with van der Waals surface area (Å²) in [4.78, 5) is 19.8. The van der Waals surface area contributed by atoms with Gasteiger partial charge in [0.15, 0.2) is 5.60 Å². The highest BCUT2D eigenvalue weighted by molar-refractivity contribution is 7.92. The minimum absolute atomic E-state index is 0.0439. The summed E-state index contributed by atoms with van der Waals surface area (Å²) in [5.74, 6) is -0.0497. The van der Waals surface area contributed by atoms with Crippen molar-refractivity contribution in [3.63, 3.8) is 0 Å². The smallest absolute Gasteiger partial charge is 0.263 e. The Morgan fingerprint density at radius 2 is 1.80 bits per heavy atom. The molecular formula is C23H27Cl2FN4O4S. The fraction of sp³-hybridized carbons (Fsp3) is 0.478. The third-order valence-corrected chi connectivity index (χ3v) is 7.74. The number of benzene rings is 1. The molecule has 8 nitrogen and oxygen atoms in total. The van der Waals surface area contributed by atoms with E-state index >= 15 is 0 Å². The lowest BCUT2D eigenvalue weighted by molar-refractivity contribution is -0.135. The summed E-state index contributed by atoms with van der Waals surface area (Å²) in [6.45, 7) is 3.24. The minimum Gasteiger partial charge on any atom is -0.476 e. The second kappa shape index (κ2) is 9.63. The topological polar surface area (TPSA) is 101 Å². The van der Waals surface area contributed by atoms with Crippen LogP contribution in [0.15, 0.2) is 30.5 Å². The maximum absolute atomic E-state index is 13.6. The van der Waals surface area contributed by atoms with Gasteiger partial charge in [-0.3, -0.25) is 9.52 Å². The number of ether oxygens (including phenoxy) is 1. The predicted molar refractivity (Wildman–Crippen MR) is 134 cm³/mol. The van der Waals surface area contributed by atoms with Crippen molar-refractivity contribution in [1.82, 2.24) is 10.3 Å². The molecule has 2 atom stereocenters. The number of carbonyl (C=O) groups excluding carboxylic acids is 1. The van der Waals surface area contributed by atoms with Crippen molar-refractivity contribution < 1.29 is 22.3 Å². The normalized spacial score (nSPS) is 22.1. The Morgan fingerprint density at radius 3 is 2.37 bits per heavy atom. The number of nitrogens with zero attached hydrogens (tertiary/aromatic N) is 2. The number of nitrogens with one attached hydrogen (secondary N) is 2. The summed E-state index contributed by atoms with van der Waals surface area (Å²) < 4.78 is 44.7. The van der Waals surface area contributed by atoms with E-state index in [1.54, 1.807) is 19.9 Å². The average molecular weight is 545 g/mol. The van der Waals surface area contributed by atoms with Crippen LogP contribution >= 0.6 is 23.2 Å². The molecule has 2 N–H and O–H groups in total. The summed E-state index contributed by atoms with van der Waals surface area (Å²) in [6, 6.07) is 6.36. The first-order valence-corrected chi connectivity index (χ1v) is 13.8. The van der Waals surface area contributed by atoms with Crippen LogP contribution in [0.25, 0.3) is 0 Å². The van der Waals surface area contributed by atoms with E-state index in [4.69, 9.17) is 27.9 Å². The lowest BCUT2D eigenvalue weighted by Gasteiger charge is -2.40. The molecule has 2 saturated heterocycles. The Bertz CT molecular complexity index is 1210. The maximum atomic E-state index is 13.6. The van der Waals surface area contributed by atoms with E-state index in [-0.39, 0.29) is 39.8 Å². The first kappa shape index (κ1) is 25.8. The second-order valence-corrected chi connectivity index (χ2v) is 12.0. The first-order chi connectivity index (χ1) is 16.3. The van der Waals surface area contributed by atoms with Crippen LogP contribution in [0.5, 0.6) is 5.75 Å².